The van der Waals surface area contributed by atoms with Crippen LogP contribution in [0.15, 0.2) is 21.8 Å². The van der Waals surface area contributed by atoms with E-state index in [-0.39, 0.29) is 5.41 Å². The summed E-state index contributed by atoms with van der Waals surface area (Å²) >= 11 is 0. The summed E-state index contributed by atoms with van der Waals surface area (Å²) in [4.78, 5) is 8.47. The van der Waals surface area contributed by atoms with E-state index in [0.29, 0.717) is 0 Å². The molecule has 0 aromatic heterocycles. The third kappa shape index (κ3) is 3.44. The predicted octanol–water partition coefficient (Wildman–Crippen LogP) is 3.24. The maximum absolute atomic E-state index is 4.66. The van der Waals surface area contributed by atoms with Crippen LogP contribution in [0.2, 0.25) is 0 Å². The lowest BCUT2D eigenvalue weighted by Crippen LogP contribution is -2.11. The normalized spacial score (nSPS) is 23.4. The summed E-state index contributed by atoms with van der Waals surface area (Å²) in [5.74, 6) is 0. The molecule has 2 nitrogen and oxygen atoms in total. The predicted molar refractivity (Wildman–Crippen MR) is 63.2 cm³/mol. The van der Waals surface area contributed by atoms with Crippen LogP contribution in [-0.4, -0.2) is 19.0 Å². The van der Waals surface area contributed by atoms with Crippen LogP contribution in [0.1, 0.15) is 40.0 Å². The molecule has 2 heteroatoms. The highest BCUT2D eigenvalue weighted by Gasteiger charge is 2.16. The molecule has 0 amide bonds. The zero-order valence-corrected chi connectivity index (χ0v) is 9.51. The molecule has 14 heavy (non-hydrogen) atoms. The highest BCUT2D eigenvalue weighted by atomic mass is 14.8. The largest absolute Gasteiger partial charge is 0.289 e. The lowest BCUT2D eigenvalue weighted by molar-refractivity contribution is 0.429. The van der Waals surface area contributed by atoms with Crippen LogP contribution in [0.4, 0.5) is 0 Å². The molecule has 0 heterocycles. The standard InChI is InChI=1S/C12H20N2/c1-12(2,3)9-14-11-7-5-6-10(11)8-13-4/h8H,4-7,9H2,1-3H3/b10-8-,14-11?. The van der Waals surface area contributed by atoms with Gasteiger partial charge in [-0.25, -0.2) is 0 Å². The van der Waals surface area contributed by atoms with Crippen molar-refractivity contribution in [2.24, 2.45) is 15.4 Å². The first kappa shape index (κ1) is 11.2. The maximum Gasteiger partial charge on any atom is 0.0441 e. The summed E-state index contributed by atoms with van der Waals surface area (Å²) in [6.45, 7) is 11.0. The molecule has 0 atom stereocenters. The van der Waals surface area contributed by atoms with Gasteiger partial charge in [0, 0.05) is 18.5 Å². The van der Waals surface area contributed by atoms with Gasteiger partial charge in [-0.2, -0.15) is 0 Å². The molecule has 78 valence electrons. The second-order valence-electron chi connectivity index (χ2n) is 5.01. The average molecular weight is 192 g/mol. The van der Waals surface area contributed by atoms with E-state index in [1.165, 1.54) is 17.7 Å². The van der Waals surface area contributed by atoms with Crippen molar-refractivity contribution >= 4 is 12.4 Å². The van der Waals surface area contributed by atoms with Crippen molar-refractivity contribution < 1.29 is 0 Å². The van der Waals surface area contributed by atoms with E-state index in [0.717, 1.165) is 19.4 Å². The molecule has 0 bridgehead atoms. The third-order valence-electron chi connectivity index (χ3n) is 2.22. The van der Waals surface area contributed by atoms with Gasteiger partial charge in [0.15, 0.2) is 0 Å². The summed E-state index contributed by atoms with van der Waals surface area (Å²) in [7, 11) is 0. The smallest absolute Gasteiger partial charge is 0.0441 e. The Balaban J connectivity index is 2.67. The third-order valence-corrected chi connectivity index (χ3v) is 2.22. The fourth-order valence-electron chi connectivity index (χ4n) is 1.51. The Morgan fingerprint density at radius 1 is 1.36 bits per heavy atom. The maximum atomic E-state index is 4.66. The summed E-state index contributed by atoms with van der Waals surface area (Å²) < 4.78 is 0. The Labute approximate surface area is 86.8 Å². The molecule has 1 aliphatic rings. The van der Waals surface area contributed by atoms with Gasteiger partial charge < -0.3 is 0 Å². The molecular formula is C12H20N2. The molecule has 0 aromatic carbocycles. The zero-order chi connectivity index (χ0) is 10.6. The van der Waals surface area contributed by atoms with Crippen molar-refractivity contribution in [2.45, 2.75) is 40.0 Å². The highest BCUT2D eigenvalue weighted by molar-refractivity contribution is 6.02. The SMILES string of the molecule is C=N/C=C1/CCCC1=NCC(C)(C)C. The number of allylic oxidation sites excluding steroid dienone is 1. The van der Waals surface area contributed by atoms with Crippen molar-refractivity contribution in [3.63, 3.8) is 0 Å². The summed E-state index contributed by atoms with van der Waals surface area (Å²) in [5, 5.41) is 0. The molecule has 1 fully saturated rings. The van der Waals surface area contributed by atoms with Crippen molar-refractivity contribution in [3.05, 3.63) is 11.8 Å². The monoisotopic (exact) mass is 192 g/mol. The van der Waals surface area contributed by atoms with Gasteiger partial charge in [0.05, 0.1) is 0 Å². The minimum absolute atomic E-state index is 0.280. The van der Waals surface area contributed by atoms with E-state index in [1.54, 1.807) is 0 Å². The van der Waals surface area contributed by atoms with Gasteiger partial charge in [0.1, 0.15) is 0 Å². The summed E-state index contributed by atoms with van der Waals surface area (Å²) in [6, 6.07) is 0. The second kappa shape index (κ2) is 4.54. The number of rotatable bonds is 2. The van der Waals surface area contributed by atoms with Gasteiger partial charge in [-0.1, -0.05) is 20.8 Å². The lowest BCUT2D eigenvalue weighted by atomic mass is 9.97. The minimum atomic E-state index is 0.280. The molecule has 0 N–H and O–H groups in total. The van der Waals surface area contributed by atoms with E-state index >= 15 is 0 Å². The highest BCUT2D eigenvalue weighted by Crippen LogP contribution is 2.23. The van der Waals surface area contributed by atoms with Crippen molar-refractivity contribution in [1.82, 2.24) is 0 Å². The molecule has 1 rings (SSSR count). The van der Waals surface area contributed by atoms with Gasteiger partial charge in [0.2, 0.25) is 0 Å². The number of hydrogen-bond donors (Lipinski definition) is 0. The topological polar surface area (TPSA) is 24.7 Å². The first-order valence-corrected chi connectivity index (χ1v) is 5.21. The van der Waals surface area contributed by atoms with Crippen LogP contribution in [0, 0.1) is 5.41 Å². The van der Waals surface area contributed by atoms with Crippen molar-refractivity contribution in [3.8, 4) is 0 Å². The summed E-state index contributed by atoms with van der Waals surface area (Å²) in [5.41, 5.74) is 2.80. The molecule has 1 saturated carbocycles. The summed E-state index contributed by atoms with van der Waals surface area (Å²) in [6.07, 6.45) is 5.29. The number of aliphatic imine (C=N–C) groups is 2. The first-order valence-electron chi connectivity index (χ1n) is 5.21. The zero-order valence-electron chi connectivity index (χ0n) is 9.51. The van der Waals surface area contributed by atoms with Gasteiger partial charge in [-0.3, -0.25) is 9.98 Å². The van der Waals surface area contributed by atoms with E-state index in [9.17, 15) is 0 Å². The van der Waals surface area contributed by atoms with Gasteiger partial charge >= 0.3 is 0 Å². The van der Waals surface area contributed by atoms with Gasteiger partial charge in [-0.15, -0.1) is 0 Å². The quantitative estimate of drug-likeness (QED) is 0.600. The molecule has 1 aliphatic carbocycles. The molecule has 0 spiro atoms. The minimum Gasteiger partial charge on any atom is -0.289 e. The van der Waals surface area contributed by atoms with E-state index in [2.05, 4.69) is 37.5 Å². The second-order valence-corrected chi connectivity index (χ2v) is 5.01. The molecule has 0 unspecified atom stereocenters. The van der Waals surface area contributed by atoms with E-state index in [1.807, 2.05) is 6.20 Å². The van der Waals surface area contributed by atoms with Crippen molar-refractivity contribution in [2.75, 3.05) is 6.54 Å². The number of nitrogens with zero attached hydrogens (tertiary/aromatic N) is 2. The van der Waals surface area contributed by atoms with E-state index in [4.69, 9.17) is 0 Å². The molecule has 0 aliphatic heterocycles. The van der Waals surface area contributed by atoms with Gasteiger partial charge in [-0.05, 0) is 37.0 Å². The van der Waals surface area contributed by atoms with Crippen LogP contribution in [0.25, 0.3) is 0 Å². The Kier molecular flexibility index (Phi) is 3.62. The lowest BCUT2D eigenvalue weighted by Gasteiger charge is -2.15. The molecule has 0 aromatic rings. The van der Waals surface area contributed by atoms with Crippen LogP contribution in [0.3, 0.4) is 0 Å². The van der Waals surface area contributed by atoms with Crippen molar-refractivity contribution in [1.29, 1.82) is 0 Å². The van der Waals surface area contributed by atoms with E-state index < -0.39 is 0 Å². The van der Waals surface area contributed by atoms with Crippen LogP contribution in [-0.2, 0) is 0 Å². The molecule has 0 radical (unpaired) electrons. The average Bonchev–Trinajstić information content (AvgIpc) is 2.48. The Bertz CT molecular complexity index is 267. The van der Waals surface area contributed by atoms with Crippen LogP contribution < -0.4 is 0 Å². The Hall–Kier alpha value is -0.920. The molecular weight excluding hydrogens is 172 g/mol. The van der Waals surface area contributed by atoms with Crippen LogP contribution >= 0.6 is 0 Å². The molecule has 0 saturated heterocycles. The fourth-order valence-corrected chi connectivity index (χ4v) is 1.51. The van der Waals surface area contributed by atoms with Crippen LogP contribution in [0.5, 0.6) is 0 Å². The Morgan fingerprint density at radius 3 is 2.64 bits per heavy atom. The Morgan fingerprint density at radius 2 is 2.07 bits per heavy atom. The fraction of sp³-hybridized carbons (Fsp3) is 0.667. The number of hydrogen-bond acceptors (Lipinski definition) is 2. The van der Waals surface area contributed by atoms with Gasteiger partial charge in [0.25, 0.3) is 0 Å². The first-order chi connectivity index (χ1) is 6.53.